The quantitative estimate of drug-likeness (QED) is 0.158. The summed E-state index contributed by atoms with van der Waals surface area (Å²) >= 11 is 0. The van der Waals surface area contributed by atoms with Crippen LogP contribution >= 0.6 is 0 Å². The first-order chi connectivity index (χ1) is 9.31. The molecule has 106 valence electrons. The van der Waals surface area contributed by atoms with Crippen LogP contribution in [0, 0.1) is 41.4 Å². The van der Waals surface area contributed by atoms with Crippen LogP contribution in [-0.4, -0.2) is 18.5 Å². The molecular weight excluding hydrogens is 291 g/mol. The van der Waals surface area contributed by atoms with Crippen LogP contribution in [0.5, 0.6) is 5.75 Å². The van der Waals surface area contributed by atoms with Gasteiger partial charge in [-0.25, -0.2) is 22.8 Å². The third kappa shape index (κ3) is 2.85. The molecule has 1 rings (SSSR count). The number of carbonyl (C=O) groups is 2. The minimum atomic E-state index is -2.44. The van der Waals surface area contributed by atoms with Crippen molar-refractivity contribution in [2.24, 2.45) is 0 Å². The molecule has 0 heterocycles. The lowest BCUT2D eigenvalue weighted by Crippen LogP contribution is -2.24. The molecule has 0 bridgehead atoms. The van der Waals surface area contributed by atoms with E-state index in [2.05, 4.69) is 9.47 Å². The number of hydrogen-bond donors (Lipinski definition) is 0. The summed E-state index contributed by atoms with van der Waals surface area (Å²) in [5.41, 5.74) is 0. The van der Waals surface area contributed by atoms with Crippen LogP contribution in [-0.2, 0) is 14.3 Å². The van der Waals surface area contributed by atoms with Crippen molar-refractivity contribution in [3.8, 4) is 18.1 Å². The topological polar surface area (TPSA) is 52.6 Å². The number of hydrogen-bond acceptors (Lipinski definition) is 4. The Morgan fingerprint density at radius 2 is 1.35 bits per heavy atom. The van der Waals surface area contributed by atoms with Crippen LogP contribution in [0.3, 0.4) is 0 Å². The van der Waals surface area contributed by atoms with E-state index in [9.17, 15) is 31.5 Å². The zero-order valence-electron chi connectivity index (χ0n) is 9.31. The van der Waals surface area contributed by atoms with E-state index in [1.807, 2.05) is 0 Å². The summed E-state index contributed by atoms with van der Waals surface area (Å²) in [6.45, 7) is -0.648. The first kappa shape index (κ1) is 15.4. The SMILES string of the molecule is C#CCOC(=O)C(=O)Oc1c(F)c(F)c(F)c(F)c1F. The molecule has 0 saturated carbocycles. The molecule has 1 aromatic rings. The lowest BCUT2D eigenvalue weighted by molar-refractivity contribution is -0.161. The second-order valence-corrected chi connectivity index (χ2v) is 3.07. The third-order valence-corrected chi connectivity index (χ3v) is 1.82. The normalized spacial score (nSPS) is 9.80. The van der Waals surface area contributed by atoms with E-state index in [1.54, 1.807) is 5.92 Å². The molecule has 20 heavy (non-hydrogen) atoms. The van der Waals surface area contributed by atoms with E-state index < -0.39 is 53.4 Å². The Hall–Kier alpha value is -2.63. The zero-order chi connectivity index (χ0) is 15.4. The molecule has 4 nitrogen and oxygen atoms in total. The van der Waals surface area contributed by atoms with Crippen LogP contribution in [0.1, 0.15) is 0 Å². The largest absolute Gasteiger partial charge is 0.444 e. The molecule has 0 spiro atoms. The van der Waals surface area contributed by atoms with Crippen LogP contribution in [0.2, 0.25) is 0 Å². The summed E-state index contributed by atoms with van der Waals surface area (Å²) in [6.07, 6.45) is 4.69. The van der Waals surface area contributed by atoms with E-state index in [0.29, 0.717) is 0 Å². The van der Waals surface area contributed by atoms with Crippen molar-refractivity contribution < 1.29 is 41.0 Å². The summed E-state index contributed by atoms with van der Waals surface area (Å²) in [5.74, 6) is -15.8. The van der Waals surface area contributed by atoms with Crippen molar-refractivity contribution in [1.29, 1.82) is 0 Å². The summed E-state index contributed by atoms with van der Waals surface area (Å²) in [6, 6.07) is 0. The number of esters is 2. The van der Waals surface area contributed by atoms with Crippen molar-refractivity contribution in [2.75, 3.05) is 6.61 Å². The Labute approximate surface area is 108 Å². The lowest BCUT2D eigenvalue weighted by atomic mass is 10.2. The Bertz CT molecular complexity index is 591. The molecule has 0 saturated heterocycles. The third-order valence-electron chi connectivity index (χ3n) is 1.82. The van der Waals surface area contributed by atoms with E-state index in [-0.39, 0.29) is 0 Å². The minimum absolute atomic E-state index is 0.648. The van der Waals surface area contributed by atoms with E-state index in [1.165, 1.54) is 0 Å². The van der Waals surface area contributed by atoms with Gasteiger partial charge in [0.05, 0.1) is 0 Å². The van der Waals surface area contributed by atoms with Gasteiger partial charge in [0.2, 0.25) is 34.8 Å². The Morgan fingerprint density at radius 1 is 0.900 bits per heavy atom. The smallest absolute Gasteiger partial charge is 0.423 e. The van der Waals surface area contributed by atoms with Gasteiger partial charge in [0.1, 0.15) is 0 Å². The summed E-state index contributed by atoms with van der Waals surface area (Å²) < 4.78 is 72.2. The van der Waals surface area contributed by atoms with Crippen LogP contribution < -0.4 is 4.74 Å². The predicted octanol–water partition coefficient (Wildman–Crippen LogP) is 1.46. The number of benzene rings is 1. The van der Waals surface area contributed by atoms with Crippen molar-refractivity contribution in [1.82, 2.24) is 0 Å². The highest BCUT2D eigenvalue weighted by Gasteiger charge is 2.30. The molecule has 0 aliphatic heterocycles. The molecule has 0 N–H and O–H groups in total. The average molecular weight is 294 g/mol. The summed E-state index contributed by atoms with van der Waals surface area (Å²) in [4.78, 5) is 21.9. The fourth-order valence-corrected chi connectivity index (χ4v) is 0.975. The Balaban J connectivity index is 3.08. The number of carbonyl (C=O) groups excluding carboxylic acids is 2. The van der Waals surface area contributed by atoms with Crippen molar-refractivity contribution >= 4 is 11.9 Å². The number of terminal acetylenes is 1. The maximum atomic E-state index is 13.1. The molecule has 1 aromatic carbocycles. The molecule has 0 atom stereocenters. The Morgan fingerprint density at radius 3 is 1.80 bits per heavy atom. The Kier molecular flexibility index (Phi) is 4.63. The van der Waals surface area contributed by atoms with Crippen LogP contribution in [0.4, 0.5) is 22.0 Å². The number of halogens is 5. The highest BCUT2D eigenvalue weighted by Crippen LogP contribution is 2.29. The predicted molar refractivity (Wildman–Crippen MR) is 51.7 cm³/mol. The number of ether oxygens (including phenoxy) is 2. The number of rotatable bonds is 2. The molecule has 0 unspecified atom stereocenters. The maximum absolute atomic E-state index is 13.1. The molecule has 0 aliphatic carbocycles. The maximum Gasteiger partial charge on any atom is 0.423 e. The molecule has 0 aliphatic rings. The van der Waals surface area contributed by atoms with Gasteiger partial charge in [0, 0.05) is 0 Å². The second-order valence-electron chi connectivity index (χ2n) is 3.07. The van der Waals surface area contributed by atoms with Crippen molar-refractivity contribution in [3.63, 3.8) is 0 Å². The van der Waals surface area contributed by atoms with Gasteiger partial charge in [0.15, 0.2) is 6.61 Å². The van der Waals surface area contributed by atoms with Crippen molar-refractivity contribution in [2.45, 2.75) is 0 Å². The molecule has 0 radical (unpaired) electrons. The zero-order valence-corrected chi connectivity index (χ0v) is 9.31. The minimum Gasteiger partial charge on any atom is -0.444 e. The van der Waals surface area contributed by atoms with Gasteiger partial charge in [-0.1, -0.05) is 5.92 Å². The van der Waals surface area contributed by atoms with Gasteiger partial charge in [-0.2, -0.15) is 8.78 Å². The lowest BCUT2D eigenvalue weighted by Gasteiger charge is -2.07. The fourth-order valence-electron chi connectivity index (χ4n) is 0.975. The molecular formula is C11H3F5O4. The monoisotopic (exact) mass is 294 g/mol. The highest BCUT2D eigenvalue weighted by atomic mass is 19.2. The fraction of sp³-hybridized carbons (Fsp3) is 0.0909. The molecule has 9 heteroatoms. The average Bonchev–Trinajstić information content (AvgIpc) is 2.44. The molecule has 0 fully saturated rings. The van der Waals surface area contributed by atoms with Gasteiger partial charge < -0.3 is 9.47 Å². The standard InChI is InChI=1S/C11H3F5O4/c1-2-3-19-10(17)11(18)20-9-7(15)5(13)4(12)6(14)8(9)16/h1H,3H2. The van der Waals surface area contributed by atoms with E-state index in [0.717, 1.165) is 0 Å². The van der Waals surface area contributed by atoms with Crippen LogP contribution in [0.25, 0.3) is 0 Å². The first-order valence-corrected chi connectivity index (χ1v) is 4.65. The van der Waals surface area contributed by atoms with Gasteiger partial charge in [-0.15, -0.1) is 6.42 Å². The van der Waals surface area contributed by atoms with Gasteiger partial charge in [0.25, 0.3) is 0 Å². The second kappa shape index (κ2) is 6.01. The van der Waals surface area contributed by atoms with E-state index in [4.69, 9.17) is 6.42 Å². The molecule has 0 aromatic heterocycles. The summed E-state index contributed by atoms with van der Waals surface area (Å²) in [5, 5.41) is 0. The first-order valence-electron chi connectivity index (χ1n) is 4.65. The highest BCUT2D eigenvalue weighted by molar-refractivity contribution is 6.30. The van der Waals surface area contributed by atoms with Gasteiger partial charge in [-0.05, 0) is 0 Å². The van der Waals surface area contributed by atoms with Gasteiger partial charge in [-0.3, -0.25) is 0 Å². The van der Waals surface area contributed by atoms with Crippen molar-refractivity contribution in [3.05, 3.63) is 29.1 Å². The van der Waals surface area contributed by atoms with Crippen LogP contribution in [0.15, 0.2) is 0 Å². The summed E-state index contributed by atoms with van der Waals surface area (Å²) in [7, 11) is 0. The molecule has 0 amide bonds. The van der Waals surface area contributed by atoms with E-state index >= 15 is 0 Å². The van der Waals surface area contributed by atoms with Gasteiger partial charge >= 0.3 is 11.9 Å².